The predicted molar refractivity (Wildman–Crippen MR) is 104 cm³/mol. The number of nitrogens with zero attached hydrogens (tertiary/aromatic N) is 2. The number of sulfonamides is 1. The Hall–Kier alpha value is -1.88. The van der Waals surface area contributed by atoms with Gasteiger partial charge in [0, 0.05) is 32.7 Å². The van der Waals surface area contributed by atoms with Crippen LogP contribution in [0.3, 0.4) is 0 Å². The van der Waals surface area contributed by atoms with E-state index in [1.54, 1.807) is 6.07 Å². The lowest BCUT2D eigenvalue weighted by molar-refractivity contribution is -0.121. The van der Waals surface area contributed by atoms with E-state index < -0.39 is 10.0 Å². The van der Waals surface area contributed by atoms with Crippen LogP contribution in [0.4, 0.5) is 0 Å². The van der Waals surface area contributed by atoms with E-state index in [-0.39, 0.29) is 23.1 Å². The molecule has 1 fully saturated rings. The van der Waals surface area contributed by atoms with Crippen molar-refractivity contribution in [1.82, 2.24) is 14.5 Å². The molecular weight excluding hydrogens is 386 g/mol. The number of hydrogen-bond acceptors (Lipinski definition) is 7. The number of amides is 1. The van der Waals surface area contributed by atoms with Crippen LogP contribution in [0.1, 0.15) is 6.42 Å². The number of morpholine rings is 1. The van der Waals surface area contributed by atoms with E-state index in [1.807, 2.05) is 0 Å². The number of benzene rings is 1. The molecule has 1 aliphatic heterocycles. The van der Waals surface area contributed by atoms with Crippen molar-refractivity contribution in [1.29, 1.82) is 0 Å². The largest absolute Gasteiger partial charge is 0.497 e. The lowest BCUT2D eigenvalue weighted by atomic mass is 10.3. The summed E-state index contributed by atoms with van der Waals surface area (Å²) in [6, 6.07) is 4.51. The summed E-state index contributed by atoms with van der Waals surface area (Å²) in [5.41, 5.74) is 0. The highest BCUT2D eigenvalue weighted by Gasteiger charge is 2.27. The number of methoxy groups -OCH3 is 2. The number of likely N-dealkylation sites (N-methyl/N-ethyl adjacent to an activating group) is 1. The first-order valence-corrected chi connectivity index (χ1v) is 10.6. The van der Waals surface area contributed by atoms with Crippen LogP contribution in [0.5, 0.6) is 11.5 Å². The highest BCUT2D eigenvalue weighted by molar-refractivity contribution is 7.89. The van der Waals surface area contributed by atoms with Crippen molar-refractivity contribution in [2.45, 2.75) is 11.3 Å². The van der Waals surface area contributed by atoms with Gasteiger partial charge in [0.25, 0.3) is 0 Å². The van der Waals surface area contributed by atoms with Gasteiger partial charge in [-0.3, -0.25) is 9.69 Å². The van der Waals surface area contributed by atoms with Crippen molar-refractivity contribution >= 4 is 15.9 Å². The molecule has 9 nitrogen and oxygen atoms in total. The Kier molecular flexibility index (Phi) is 8.49. The molecule has 158 valence electrons. The van der Waals surface area contributed by atoms with Crippen LogP contribution in [0, 0.1) is 0 Å². The van der Waals surface area contributed by atoms with E-state index in [0.717, 1.165) is 43.6 Å². The molecule has 0 unspecified atom stereocenters. The molecule has 1 amide bonds. The number of carbonyl (C=O) groups is 1. The fraction of sp³-hybridized carbons (Fsp3) is 0.611. The summed E-state index contributed by atoms with van der Waals surface area (Å²) >= 11 is 0. The minimum Gasteiger partial charge on any atom is -0.497 e. The summed E-state index contributed by atoms with van der Waals surface area (Å²) in [5.74, 6) is 0.230. The monoisotopic (exact) mass is 415 g/mol. The normalized spacial score (nSPS) is 15.4. The van der Waals surface area contributed by atoms with Gasteiger partial charge in [-0.1, -0.05) is 0 Å². The van der Waals surface area contributed by atoms with E-state index in [2.05, 4.69) is 10.2 Å². The molecule has 1 aromatic rings. The topological polar surface area (TPSA) is 97.4 Å². The van der Waals surface area contributed by atoms with Gasteiger partial charge < -0.3 is 19.5 Å². The summed E-state index contributed by atoms with van der Waals surface area (Å²) in [7, 11) is 0.292. The van der Waals surface area contributed by atoms with E-state index in [0.29, 0.717) is 12.3 Å². The molecule has 0 atom stereocenters. The Balaban J connectivity index is 1.88. The summed E-state index contributed by atoms with van der Waals surface area (Å²) in [6.07, 6.45) is 0.798. The quantitative estimate of drug-likeness (QED) is 0.544. The van der Waals surface area contributed by atoms with Gasteiger partial charge in [-0.25, -0.2) is 8.42 Å². The third-order valence-corrected chi connectivity index (χ3v) is 6.33. The van der Waals surface area contributed by atoms with E-state index in [9.17, 15) is 13.2 Å². The Morgan fingerprint density at radius 3 is 2.61 bits per heavy atom. The Morgan fingerprint density at radius 1 is 1.25 bits per heavy atom. The van der Waals surface area contributed by atoms with Crippen molar-refractivity contribution in [2.24, 2.45) is 0 Å². The molecule has 0 bridgehead atoms. The second-order valence-electron chi connectivity index (χ2n) is 6.44. The van der Waals surface area contributed by atoms with Crippen molar-refractivity contribution in [3.8, 4) is 11.5 Å². The van der Waals surface area contributed by atoms with Gasteiger partial charge in [0.15, 0.2) is 0 Å². The van der Waals surface area contributed by atoms with Crippen LogP contribution in [-0.2, 0) is 19.6 Å². The zero-order valence-corrected chi connectivity index (χ0v) is 17.5. The minimum absolute atomic E-state index is 0.0445. The van der Waals surface area contributed by atoms with E-state index in [4.69, 9.17) is 14.2 Å². The summed E-state index contributed by atoms with van der Waals surface area (Å²) in [4.78, 5) is 14.4. The number of rotatable bonds is 10. The molecule has 10 heteroatoms. The van der Waals surface area contributed by atoms with Gasteiger partial charge in [-0.2, -0.15) is 4.31 Å². The van der Waals surface area contributed by atoms with Gasteiger partial charge in [0.05, 0.1) is 34.0 Å². The first-order chi connectivity index (χ1) is 13.4. The maximum Gasteiger partial charge on any atom is 0.247 e. The zero-order chi connectivity index (χ0) is 20.6. The Morgan fingerprint density at radius 2 is 1.96 bits per heavy atom. The van der Waals surface area contributed by atoms with E-state index in [1.165, 1.54) is 33.4 Å². The van der Waals surface area contributed by atoms with Crippen LogP contribution >= 0.6 is 0 Å². The van der Waals surface area contributed by atoms with Gasteiger partial charge in [0.1, 0.15) is 16.4 Å². The maximum atomic E-state index is 12.8. The van der Waals surface area contributed by atoms with Crippen molar-refractivity contribution in [3.63, 3.8) is 0 Å². The summed E-state index contributed by atoms with van der Waals surface area (Å²) in [5, 5.41) is 2.77. The molecule has 0 radical (unpaired) electrons. The van der Waals surface area contributed by atoms with Crippen molar-refractivity contribution < 1.29 is 27.4 Å². The van der Waals surface area contributed by atoms with Gasteiger partial charge in [-0.15, -0.1) is 0 Å². The van der Waals surface area contributed by atoms with Gasteiger partial charge in [-0.05, 0) is 25.1 Å². The molecule has 0 spiro atoms. The number of carbonyl (C=O) groups excluding carboxylic acids is 1. The molecule has 1 N–H and O–H groups in total. The molecule has 1 aromatic carbocycles. The zero-order valence-electron chi connectivity index (χ0n) is 16.6. The smallest absolute Gasteiger partial charge is 0.247 e. The molecule has 0 aliphatic carbocycles. The summed E-state index contributed by atoms with van der Waals surface area (Å²) in [6.45, 7) is 4.37. The minimum atomic E-state index is -3.91. The Bertz CT molecular complexity index is 750. The SMILES string of the molecule is COc1ccc(OC)c(S(=O)(=O)N(C)CC(=O)NCCCN2CCOCC2)c1. The molecule has 28 heavy (non-hydrogen) atoms. The molecule has 2 rings (SSSR count). The number of ether oxygens (including phenoxy) is 3. The highest BCUT2D eigenvalue weighted by Crippen LogP contribution is 2.30. The third kappa shape index (κ3) is 6.06. The average molecular weight is 416 g/mol. The summed E-state index contributed by atoms with van der Waals surface area (Å²) < 4.78 is 42.2. The fourth-order valence-corrected chi connectivity index (χ4v) is 4.15. The van der Waals surface area contributed by atoms with Gasteiger partial charge >= 0.3 is 0 Å². The van der Waals surface area contributed by atoms with E-state index >= 15 is 0 Å². The molecular formula is C18H29N3O6S. The van der Waals surface area contributed by atoms with Crippen LogP contribution < -0.4 is 14.8 Å². The predicted octanol–water partition coefficient (Wildman–Crippen LogP) is 0.163. The lowest BCUT2D eigenvalue weighted by Gasteiger charge is -2.26. The van der Waals surface area contributed by atoms with Crippen molar-refractivity contribution in [3.05, 3.63) is 18.2 Å². The molecule has 1 saturated heterocycles. The molecule has 1 heterocycles. The second-order valence-corrected chi connectivity index (χ2v) is 8.45. The molecule has 0 saturated carbocycles. The molecule has 0 aromatic heterocycles. The second kappa shape index (κ2) is 10.6. The average Bonchev–Trinajstić information content (AvgIpc) is 2.71. The standard InChI is InChI=1S/C18H29N3O6S/c1-20(14-18(22)19-7-4-8-21-9-11-27-12-10-21)28(23,24)17-13-15(25-2)5-6-16(17)26-3/h5-6,13H,4,7-12,14H2,1-3H3,(H,19,22). The van der Waals surface area contributed by atoms with Gasteiger partial charge in [0.2, 0.25) is 15.9 Å². The highest BCUT2D eigenvalue weighted by atomic mass is 32.2. The number of nitrogens with one attached hydrogen (secondary N) is 1. The maximum absolute atomic E-state index is 12.8. The molecule has 1 aliphatic rings. The lowest BCUT2D eigenvalue weighted by Crippen LogP contribution is -2.40. The number of hydrogen-bond donors (Lipinski definition) is 1. The van der Waals surface area contributed by atoms with Crippen molar-refractivity contribution in [2.75, 3.05) is 67.2 Å². The third-order valence-electron chi connectivity index (χ3n) is 4.50. The first-order valence-electron chi connectivity index (χ1n) is 9.13. The van der Waals surface area contributed by atoms with Crippen LogP contribution in [-0.4, -0.2) is 90.7 Å². The van der Waals surface area contributed by atoms with Crippen LogP contribution in [0.2, 0.25) is 0 Å². The van der Waals surface area contributed by atoms with Crippen LogP contribution in [0.25, 0.3) is 0 Å². The first kappa shape index (κ1) is 22.4. The Labute approximate surface area is 166 Å². The fourth-order valence-electron chi connectivity index (χ4n) is 2.85. The van der Waals surface area contributed by atoms with Crippen LogP contribution in [0.15, 0.2) is 23.1 Å².